The van der Waals surface area contributed by atoms with Gasteiger partial charge in [-0.1, -0.05) is 0 Å². The molecule has 0 amide bonds. The molecule has 0 bridgehead atoms. The second-order valence-corrected chi connectivity index (χ2v) is 12.6. The van der Waals surface area contributed by atoms with Gasteiger partial charge in [0.25, 0.3) is 0 Å². The third-order valence-electron chi connectivity index (χ3n) is 5.98. The van der Waals surface area contributed by atoms with Crippen LogP contribution in [0.2, 0.25) is 0 Å². The van der Waals surface area contributed by atoms with E-state index in [-0.39, 0.29) is 0 Å². The van der Waals surface area contributed by atoms with Gasteiger partial charge in [0.15, 0.2) is 0 Å². The Morgan fingerprint density at radius 2 is 1.15 bits per heavy atom. The molecule has 1 fully saturated rings. The monoisotopic (exact) mass is 356 g/mol. The van der Waals surface area contributed by atoms with Crippen LogP contribution in [0, 0.1) is 0 Å². The van der Waals surface area contributed by atoms with Crippen LogP contribution in [0.4, 0.5) is 0 Å². The average molecular weight is 356 g/mol. The molecule has 0 aromatic heterocycles. The molecule has 0 nitrogen and oxygen atoms in total. The van der Waals surface area contributed by atoms with Crippen molar-refractivity contribution in [2.45, 2.75) is 12.6 Å². The molecule has 0 spiro atoms. The predicted molar refractivity (Wildman–Crippen MR) is 118 cm³/mol. The van der Waals surface area contributed by atoms with Gasteiger partial charge in [-0.3, -0.25) is 0 Å². The van der Waals surface area contributed by atoms with Gasteiger partial charge in [-0.15, -0.1) is 0 Å². The Labute approximate surface area is 156 Å². The van der Waals surface area contributed by atoms with Crippen LogP contribution in [0.25, 0.3) is 0 Å². The topological polar surface area (TPSA) is 0 Å². The molecule has 130 valence electrons. The van der Waals surface area contributed by atoms with Crippen molar-refractivity contribution >= 4 is 22.5 Å². The molecule has 1 heterocycles. The Morgan fingerprint density at radius 3 is 1.50 bits per heavy atom. The van der Waals surface area contributed by atoms with Crippen LogP contribution in [-0.4, -0.2) is 11.8 Å². The van der Waals surface area contributed by atoms with Gasteiger partial charge in [0, 0.05) is 0 Å². The zero-order valence-corrected chi connectivity index (χ0v) is 16.1. The predicted octanol–water partition coefficient (Wildman–Crippen LogP) is 5.03. The van der Waals surface area contributed by atoms with Crippen LogP contribution >= 0.6 is 6.60 Å². The van der Waals surface area contributed by atoms with Crippen molar-refractivity contribution in [2.75, 3.05) is 6.16 Å². The second kappa shape index (κ2) is 6.38. The summed E-state index contributed by atoms with van der Waals surface area (Å²) in [6.07, 6.45) is 5.64. The maximum atomic E-state index is 3.98. The fraction of sp³-hybridized carbons (Fsp3) is 0.120. The minimum absolute atomic E-state index is 0.534. The molecule has 3 aromatic rings. The van der Waals surface area contributed by atoms with Gasteiger partial charge in [-0.2, -0.15) is 0 Å². The zero-order chi connectivity index (χ0) is 18.1. The van der Waals surface area contributed by atoms with Crippen molar-refractivity contribution in [2.24, 2.45) is 0 Å². The summed E-state index contributed by atoms with van der Waals surface area (Å²) in [5.41, 5.74) is 1.80. The van der Waals surface area contributed by atoms with E-state index in [4.69, 9.17) is 0 Å². The summed E-state index contributed by atoms with van der Waals surface area (Å²) in [5, 5.41) is 4.48. The van der Waals surface area contributed by atoms with Crippen LogP contribution in [0.15, 0.2) is 115 Å². The molecule has 1 heteroatoms. The van der Waals surface area contributed by atoms with Crippen molar-refractivity contribution in [1.82, 2.24) is 0 Å². The van der Waals surface area contributed by atoms with E-state index < -0.39 is 6.60 Å². The Morgan fingerprint density at radius 1 is 0.769 bits per heavy atom. The van der Waals surface area contributed by atoms with Gasteiger partial charge in [0.1, 0.15) is 0 Å². The Bertz CT molecular complexity index is 840. The van der Waals surface area contributed by atoms with E-state index >= 15 is 0 Å². The van der Waals surface area contributed by atoms with E-state index in [1.807, 2.05) is 6.08 Å². The van der Waals surface area contributed by atoms with Crippen molar-refractivity contribution in [3.05, 3.63) is 115 Å². The first-order valence-electron chi connectivity index (χ1n) is 9.20. The van der Waals surface area contributed by atoms with E-state index in [1.165, 1.54) is 27.6 Å². The van der Waals surface area contributed by atoms with Crippen LogP contribution < -0.4 is 15.9 Å². The number of rotatable bonds is 5. The molecule has 0 saturated carbocycles. The summed E-state index contributed by atoms with van der Waals surface area (Å²) >= 11 is 0. The van der Waals surface area contributed by atoms with E-state index in [9.17, 15) is 0 Å². The van der Waals surface area contributed by atoms with Gasteiger partial charge < -0.3 is 0 Å². The summed E-state index contributed by atoms with van der Waals surface area (Å²) < 4.78 is 0. The van der Waals surface area contributed by atoms with E-state index in [0.29, 0.717) is 5.66 Å². The Balaban J connectivity index is 2.09. The molecule has 1 unspecified atom stereocenters. The van der Waals surface area contributed by atoms with Crippen molar-refractivity contribution in [3.8, 4) is 0 Å². The van der Waals surface area contributed by atoms with Gasteiger partial charge in [-0.25, -0.2) is 0 Å². The first kappa shape index (κ1) is 17.0. The second-order valence-electron chi connectivity index (χ2n) is 7.25. The molecule has 4 rings (SSSR count). The van der Waals surface area contributed by atoms with Crippen LogP contribution in [0.3, 0.4) is 0 Å². The molecule has 1 aliphatic rings. The summed E-state index contributed by atoms with van der Waals surface area (Å²) in [6, 6.07) is 33.6. The number of benzene rings is 3. The van der Waals surface area contributed by atoms with E-state index in [1.54, 1.807) is 0 Å². The van der Waals surface area contributed by atoms with Gasteiger partial charge in [0.05, 0.1) is 0 Å². The first-order valence-corrected chi connectivity index (χ1v) is 11.7. The summed E-state index contributed by atoms with van der Waals surface area (Å²) in [4.78, 5) is 0. The quantitative estimate of drug-likeness (QED) is 0.444. The maximum absolute atomic E-state index is 3.98. The van der Waals surface area contributed by atoms with Crippen LogP contribution in [-0.2, 0) is 0 Å². The fourth-order valence-electron chi connectivity index (χ4n) is 4.57. The van der Waals surface area contributed by atoms with Gasteiger partial charge in [-0.05, 0) is 0 Å². The van der Waals surface area contributed by atoms with E-state index in [2.05, 4.69) is 111 Å². The molecular formula is C25H25P. The van der Waals surface area contributed by atoms with Gasteiger partial charge in [0.2, 0.25) is 0 Å². The molecule has 1 atom stereocenters. The molecule has 0 radical (unpaired) electrons. The number of hydrogen-bond acceptors (Lipinski definition) is 0. The first-order chi connectivity index (χ1) is 12.7. The molecule has 0 N–H and O–H groups in total. The van der Waals surface area contributed by atoms with E-state index in [0.717, 1.165) is 0 Å². The van der Waals surface area contributed by atoms with Crippen LogP contribution in [0.5, 0.6) is 0 Å². The Kier molecular flexibility index (Phi) is 4.17. The molecule has 3 aromatic carbocycles. The van der Waals surface area contributed by atoms with Crippen molar-refractivity contribution < 1.29 is 0 Å². The zero-order valence-electron chi connectivity index (χ0n) is 15.3. The molecule has 1 saturated heterocycles. The minimum atomic E-state index is -2.47. The van der Waals surface area contributed by atoms with Crippen molar-refractivity contribution in [3.63, 3.8) is 0 Å². The SMILES string of the molecule is C=CC(C)=CC1CP1(c1ccccc1)(c1ccccc1)c1ccccc1. The number of allylic oxidation sites excluding steroid dienone is 3. The third kappa shape index (κ3) is 2.26. The molecule has 0 aliphatic carbocycles. The van der Waals surface area contributed by atoms with Crippen molar-refractivity contribution in [1.29, 1.82) is 0 Å². The average Bonchev–Trinajstić information content (AvgIpc) is 3.41. The molecular weight excluding hydrogens is 331 g/mol. The normalized spacial score (nSPS) is 22.0. The number of hydrogen-bond donors (Lipinski definition) is 0. The molecule has 26 heavy (non-hydrogen) atoms. The molecule has 1 aliphatic heterocycles. The summed E-state index contributed by atoms with van der Waals surface area (Å²) in [7, 11) is 0. The fourth-order valence-corrected chi connectivity index (χ4v) is 11.9. The summed E-state index contributed by atoms with van der Waals surface area (Å²) in [6.45, 7) is 3.67. The van der Waals surface area contributed by atoms with Crippen LogP contribution in [0.1, 0.15) is 6.92 Å². The standard InChI is InChI=1S/C25H25P/c1-3-21(2)19-25-20-26(25,22-13-7-4-8-14-22,23-15-9-5-10-16-23)24-17-11-6-12-18-24/h3-19,25H,1,20H2,2H3. The van der Waals surface area contributed by atoms with Gasteiger partial charge >= 0.3 is 157 Å². The summed E-state index contributed by atoms with van der Waals surface area (Å²) in [5.74, 6) is 0. The Hall–Kier alpha value is -2.43. The third-order valence-corrected chi connectivity index (χ3v) is 12.9.